The van der Waals surface area contributed by atoms with Crippen molar-refractivity contribution in [2.45, 2.75) is 63.3 Å². The van der Waals surface area contributed by atoms with Gasteiger partial charge in [-0.25, -0.2) is 0 Å². The van der Waals surface area contributed by atoms with Crippen molar-refractivity contribution in [2.24, 2.45) is 5.73 Å². The molecule has 0 amide bonds. The van der Waals surface area contributed by atoms with E-state index in [-0.39, 0.29) is 5.54 Å². The first-order chi connectivity index (χ1) is 5.41. The molecule has 2 heteroatoms. The zero-order valence-corrected chi connectivity index (χ0v) is 9.82. The molecular weight excluding hydrogens is 162 g/mol. The summed E-state index contributed by atoms with van der Waals surface area (Å²) in [6, 6.07) is 1.32. The van der Waals surface area contributed by atoms with E-state index in [2.05, 4.69) is 19.6 Å². The van der Waals surface area contributed by atoms with Gasteiger partial charge in [0, 0.05) is 13.6 Å². The highest BCUT2D eigenvalue weighted by Crippen LogP contribution is 2.32. The second-order valence-electron chi connectivity index (χ2n) is 5.66. The quantitative estimate of drug-likeness (QED) is 0.658. The summed E-state index contributed by atoms with van der Waals surface area (Å²) in [6.07, 6.45) is 6.68. The van der Waals surface area contributed by atoms with E-state index in [9.17, 15) is 0 Å². The Morgan fingerprint density at radius 3 is 2.00 bits per heavy atom. The fraction of sp³-hybridized carbons (Fsp3) is 1.00. The van der Waals surface area contributed by atoms with Crippen LogP contribution in [-0.2, 0) is 0 Å². The molecule has 1 fully saturated rings. The molecule has 1 saturated carbocycles. The molecule has 1 aliphatic rings. The second kappa shape index (κ2) is 3.50. The molecule has 0 aromatic rings. The fourth-order valence-corrected chi connectivity index (χ4v) is 4.95. The van der Waals surface area contributed by atoms with E-state index >= 15 is 0 Å². The number of rotatable bonds is 2. The van der Waals surface area contributed by atoms with Crippen LogP contribution in [0.4, 0.5) is 0 Å². The summed E-state index contributed by atoms with van der Waals surface area (Å²) >= 11 is 0. The molecule has 0 aromatic heterocycles. The molecule has 0 spiro atoms. The molecule has 72 valence electrons. The van der Waals surface area contributed by atoms with Crippen molar-refractivity contribution in [1.82, 2.24) is 0 Å². The van der Waals surface area contributed by atoms with Crippen LogP contribution < -0.4 is 5.73 Å². The molecule has 1 nitrogen and oxygen atoms in total. The van der Waals surface area contributed by atoms with Crippen molar-refractivity contribution in [1.29, 1.82) is 0 Å². The first kappa shape index (κ1) is 10.3. The Bertz CT molecular complexity index is 142. The van der Waals surface area contributed by atoms with Crippen LogP contribution in [0, 0.1) is 0 Å². The third-order valence-electron chi connectivity index (χ3n) is 2.73. The fourth-order valence-electron chi connectivity index (χ4n) is 2.49. The summed E-state index contributed by atoms with van der Waals surface area (Å²) in [5.74, 6) is 0. The maximum Gasteiger partial charge on any atom is 0.0460 e. The zero-order valence-electron chi connectivity index (χ0n) is 8.82. The van der Waals surface area contributed by atoms with Crippen LogP contribution in [0.1, 0.15) is 32.1 Å². The van der Waals surface area contributed by atoms with Crippen LogP contribution in [0.5, 0.6) is 0 Å². The van der Waals surface area contributed by atoms with E-state index in [1.807, 2.05) is 0 Å². The van der Waals surface area contributed by atoms with Gasteiger partial charge in [-0.15, -0.1) is 0 Å². The van der Waals surface area contributed by atoms with Crippen LogP contribution in [0.3, 0.4) is 0 Å². The lowest BCUT2D eigenvalue weighted by Crippen LogP contribution is -2.47. The van der Waals surface area contributed by atoms with Crippen LogP contribution in [0.15, 0.2) is 0 Å². The lowest BCUT2D eigenvalue weighted by atomic mass is 9.84. The number of nitrogens with two attached hydrogens (primary N) is 1. The molecule has 0 saturated heterocycles. The lowest BCUT2D eigenvalue weighted by molar-refractivity contribution is 0.319. The van der Waals surface area contributed by atoms with Gasteiger partial charge in [-0.3, -0.25) is 0 Å². The normalized spacial score (nSPS) is 24.0. The van der Waals surface area contributed by atoms with E-state index in [0.717, 1.165) is 0 Å². The van der Waals surface area contributed by atoms with Gasteiger partial charge in [0.25, 0.3) is 0 Å². The Hall–Kier alpha value is 0.177. The van der Waals surface area contributed by atoms with E-state index in [4.69, 9.17) is 5.73 Å². The van der Waals surface area contributed by atoms with Crippen molar-refractivity contribution in [3.63, 3.8) is 0 Å². The molecule has 0 aliphatic heterocycles. The van der Waals surface area contributed by atoms with Gasteiger partial charge in [-0.05, 0) is 18.9 Å². The molecule has 0 aromatic carbocycles. The van der Waals surface area contributed by atoms with Gasteiger partial charge < -0.3 is 5.73 Å². The molecule has 0 radical (unpaired) electrons. The topological polar surface area (TPSA) is 26.0 Å². The van der Waals surface area contributed by atoms with Crippen LogP contribution in [0.25, 0.3) is 0 Å². The number of hydrogen-bond acceptors (Lipinski definition) is 1. The minimum Gasteiger partial charge on any atom is -0.325 e. The SMILES string of the molecule is C[Si](C)(C)CC1(N)CCCCC1. The monoisotopic (exact) mass is 185 g/mol. The average molecular weight is 185 g/mol. The zero-order chi connectivity index (χ0) is 9.24. The van der Waals surface area contributed by atoms with Crippen molar-refractivity contribution in [3.05, 3.63) is 0 Å². The van der Waals surface area contributed by atoms with Gasteiger partial charge in [0.15, 0.2) is 0 Å². The predicted molar refractivity (Wildman–Crippen MR) is 58.2 cm³/mol. The summed E-state index contributed by atoms with van der Waals surface area (Å²) in [5, 5.41) is 0. The molecule has 0 unspecified atom stereocenters. The molecule has 1 aliphatic carbocycles. The van der Waals surface area contributed by atoms with Crippen molar-refractivity contribution < 1.29 is 0 Å². The van der Waals surface area contributed by atoms with Gasteiger partial charge in [-0.2, -0.15) is 0 Å². The highest BCUT2D eigenvalue weighted by atomic mass is 28.3. The van der Waals surface area contributed by atoms with Gasteiger partial charge in [0.2, 0.25) is 0 Å². The van der Waals surface area contributed by atoms with Gasteiger partial charge in [-0.1, -0.05) is 38.9 Å². The van der Waals surface area contributed by atoms with Crippen LogP contribution in [0.2, 0.25) is 25.7 Å². The summed E-state index contributed by atoms with van der Waals surface area (Å²) in [6.45, 7) is 7.28. The van der Waals surface area contributed by atoms with Crippen molar-refractivity contribution >= 4 is 8.07 Å². The Morgan fingerprint density at radius 2 is 1.58 bits per heavy atom. The van der Waals surface area contributed by atoms with E-state index in [1.165, 1.54) is 38.1 Å². The molecule has 0 bridgehead atoms. The van der Waals surface area contributed by atoms with Crippen molar-refractivity contribution in [3.8, 4) is 0 Å². The third-order valence-corrected chi connectivity index (χ3v) is 4.50. The minimum atomic E-state index is -0.942. The standard InChI is InChI=1S/C10H23NSi/c1-12(2,3)9-10(11)7-5-4-6-8-10/h4-9,11H2,1-3H3. The van der Waals surface area contributed by atoms with Crippen LogP contribution >= 0.6 is 0 Å². The molecule has 1 rings (SSSR count). The Balaban J connectivity index is 2.47. The highest BCUT2D eigenvalue weighted by Gasteiger charge is 2.32. The minimum absolute atomic E-state index is 0.225. The lowest BCUT2D eigenvalue weighted by Gasteiger charge is -2.37. The van der Waals surface area contributed by atoms with Gasteiger partial charge in [0.1, 0.15) is 0 Å². The first-order valence-electron chi connectivity index (χ1n) is 5.20. The largest absolute Gasteiger partial charge is 0.325 e. The number of hydrogen-bond donors (Lipinski definition) is 1. The smallest absolute Gasteiger partial charge is 0.0460 e. The Kier molecular flexibility index (Phi) is 3.00. The third kappa shape index (κ3) is 3.28. The van der Waals surface area contributed by atoms with Gasteiger partial charge in [0.05, 0.1) is 0 Å². The maximum absolute atomic E-state index is 6.38. The molecule has 12 heavy (non-hydrogen) atoms. The van der Waals surface area contributed by atoms with E-state index in [1.54, 1.807) is 0 Å². The molecular formula is C10H23NSi. The molecule has 2 N–H and O–H groups in total. The first-order valence-corrected chi connectivity index (χ1v) is 8.91. The summed E-state index contributed by atoms with van der Waals surface area (Å²) < 4.78 is 0. The average Bonchev–Trinajstić information content (AvgIpc) is 1.83. The van der Waals surface area contributed by atoms with Crippen molar-refractivity contribution in [2.75, 3.05) is 0 Å². The highest BCUT2D eigenvalue weighted by molar-refractivity contribution is 6.76. The summed E-state index contributed by atoms with van der Waals surface area (Å²) in [7, 11) is -0.942. The van der Waals surface area contributed by atoms with E-state index in [0.29, 0.717) is 0 Å². The maximum atomic E-state index is 6.38. The van der Waals surface area contributed by atoms with Gasteiger partial charge >= 0.3 is 0 Å². The Labute approximate surface area is 77.7 Å². The predicted octanol–water partition coefficient (Wildman–Crippen LogP) is 2.99. The van der Waals surface area contributed by atoms with E-state index < -0.39 is 8.07 Å². The summed E-state index contributed by atoms with van der Waals surface area (Å²) in [5.41, 5.74) is 6.60. The summed E-state index contributed by atoms with van der Waals surface area (Å²) in [4.78, 5) is 0. The second-order valence-corrected chi connectivity index (χ2v) is 11.1. The molecule has 0 heterocycles. The molecule has 0 atom stereocenters. The Morgan fingerprint density at radius 1 is 1.08 bits per heavy atom. The van der Waals surface area contributed by atoms with Crippen LogP contribution in [-0.4, -0.2) is 13.6 Å².